The molecule has 0 aliphatic carbocycles. The van der Waals surface area contributed by atoms with E-state index in [0.29, 0.717) is 13.0 Å². The zero-order valence-electron chi connectivity index (χ0n) is 11.8. The Morgan fingerprint density at radius 3 is 2.80 bits per heavy atom. The lowest BCUT2D eigenvalue weighted by molar-refractivity contribution is -0.124. The van der Waals surface area contributed by atoms with Gasteiger partial charge < -0.3 is 16.4 Å². The van der Waals surface area contributed by atoms with Crippen LogP contribution in [-0.4, -0.2) is 39.7 Å². The quantitative estimate of drug-likeness (QED) is 0.498. The molecule has 8 heteroatoms. The Labute approximate surface area is 117 Å². The van der Waals surface area contributed by atoms with Crippen molar-refractivity contribution >= 4 is 11.9 Å². The first-order valence-electron chi connectivity index (χ1n) is 6.72. The van der Waals surface area contributed by atoms with Gasteiger partial charge in [-0.2, -0.15) is 5.10 Å². The standard InChI is InChI=1S/C12H22N6O2/c1-3-8(2)10(17-12(13)20)11(19)14-6-4-5-9-15-7-16-18-9/h7-8,10H,3-6H2,1-2H3,(H,14,19)(H3,13,17,20)(H,15,16,18). The fraction of sp³-hybridized carbons (Fsp3) is 0.667. The van der Waals surface area contributed by atoms with Crippen LogP contribution in [0, 0.1) is 5.92 Å². The molecule has 2 atom stereocenters. The lowest BCUT2D eigenvalue weighted by atomic mass is 9.98. The number of carbonyl (C=O) groups excluding carboxylic acids is 2. The maximum Gasteiger partial charge on any atom is 0.312 e. The van der Waals surface area contributed by atoms with Gasteiger partial charge in [0.25, 0.3) is 0 Å². The van der Waals surface area contributed by atoms with E-state index in [1.54, 1.807) is 0 Å². The molecular formula is C12H22N6O2. The van der Waals surface area contributed by atoms with Gasteiger partial charge in [-0.15, -0.1) is 0 Å². The summed E-state index contributed by atoms with van der Waals surface area (Å²) in [6.07, 6.45) is 3.67. The predicted octanol–water partition coefficient (Wildman–Crippen LogP) is -0.0635. The number of aromatic amines is 1. The number of amides is 3. The molecule has 8 nitrogen and oxygen atoms in total. The Balaban J connectivity index is 2.35. The first-order valence-corrected chi connectivity index (χ1v) is 6.72. The van der Waals surface area contributed by atoms with Gasteiger partial charge >= 0.3 is 6.03 Å². The minimum absolute atomic E-state index is 0.0248. The second-order valence-corrected chi connectivity index (χ2v) is 4.70. The van der Waals surface area contributed by atoms with Crippen LogP contribution in [0.3, 0.4) is 0 Å². The van der Waals surface area contributed by atoms with Gasteiger partial charge in [0.05, 0.1) is 0 Å². The number of nitrogens with zero attached hydrogens (tertiary/aromatic N) is 2. The monoisotopic (exact) mass is 282 g/mol. The van der Waals surface area contributed by atoms with Crippen LogP contribution in [0.5, 0.6) is 0 Å². The SMILES string of the molecule is CCC(C)C(NC(N)=O)C(=O)NCCCc1ncn[nH]1. The average molecular weight is 282 g/mol. The lowest BCUT2D eigenvalue weighted by Crippen LogP contribution is -2.51. The number of urea groups is 1. The Kier molecular flexibility index (Phi) is 6.48. The summed E-state index contributed by atoms with van der Waals surface area (Å²) >= 11 is 0. The molecule has 1 rings (SSSR count). The summed E-state index contributed by atoms with van der Waals surface area (Å²) < 4.78 is 0. The van der Waals surface area contributed by atoms with Crippen LogP contribution >= 0.6 is 0 Å². The zero-order chi connectivity index (χ0) is 15.0. The number of rotatable bonds is 8. The molecule has 0 saturated carbocycles. The molecule has 0 aromatic carbocycles. The number of aromatic nitrogens is 3. The van der Waals surface area contributed by atoms with E-state index in [1.165, 1.54) is 6.33 Å². The van der Waals surface area contributed by atoms with Crippen LogP contribution in [-0.2, 0) is 11.2 Å². The predicted molar refractivity (Wildman–Crippen MR) is 73.7 cm³/mol. The van der Waals surface area contributed by atoms with E-state index < -0.39 is 12.1 Å². The number of H-pyrrole nitrogens is 1. The van der Waals surface area contributed by atoms with Crippen molar-refractivity contribution in [3.05, 3.63) is 12.2 Å². The highest BCUT2D eigenvalue weighted by atomic mass is 16.2. The Hall–Kier alpha value is -2.12. The number of carbonyl (C=O) groups is 2. The molecule has 2 unspecified atom stereocenters. The molecule has 0 saturated heterocycles. The van der Waals surface area contributed by atoms with Gasteiger partial charge in [0.1, 0.15) is 18.2 Å². The first kappa shape index (κ1) is 15.9. The Bertz CT molecular complexity index is 420. The van der Waals surface area contributed by atoms with E-state index >= 15 is 0 Å². The van der Waals surface area contributed by atoms with E-state index in [1.807, 2.05) is 13.8 Å². The van der Waals surface area contributed by atoms with Gasteiger partial charge in [0.2, 0.25) is 5.91 Å². The molecule has 0 aliphatic heterocycles. The third kappa shape index (κ3) is 5.25. The topological polar surface area (TPSA) is 126 Å². The van der Waals surface area contributed by atoms with Crippen molar-refractivity contribution in [1.29, 1.82) is 0 Å². The molecule has 0 spiro atoms. The summed E-state index contributed by atoms with van der Waals surface area (Å²) in [5.74, 6) is 0.598. The van der Waals surface area contributed by atoms with E-state index in [2.05, 4.69) is 25.8 Å². The lowest BCUT2D eigenvalue weighted by Gasteiger charge is -2.22. The molecule has 0 bridgehead atoms. The van der Waals surface area contributed by atoms with Crippen LogP contribution in [0.2, 0.25) is 0 Å². The smallest absolute Gasteiger partial charge is 0.312 e. The van der Waals surface area contributed by atoms with Gasteiger partial charge in [-0.25, -0.2) is 9.78 Å². The molecule has 20 heavy (non-hydrogen) atoms. The number of hydrogen-bond acceptors (Lipinski definition) is 4. The number of primary amides is 1. The maximum atomic E-state index is 12.0. The maximum absolute atomic E-state index is 12.0. The molecule has 1 aromatic heterocycles. The first-order chi connectivity index (χ1) is 9.54. The van der Waals surface area contributed by atoms with Crippen LogP contribution in [0.25, 0.3) is 0 Å². The highest BCUT2D eigenvalue weighted by molar-refractivity contribution is 5.86. The van der Waals surface area contributed by atoms with Crippen molar-refractivity contribution < 1.29 is 9.59 Å². The van der Waals surface area contributed by atoms with Crippen LogP contribution in [0.4, 0.5) is 4.79 Å². The largest absolute Gasteiger partial charge is 0.354 e. The summed E-state index contributed by atoms with van der Waals surface area (Å²) in [5, 5.41) is 11.8. The van der Waals surface area contributed by atoms with Gasteiger partial charge in [-0.05, 0) is 12.3 Å². The van der Waals surface area contributed by atoms with Crippen LogP contribution in [0.15, 0.2) is 6.33 Å². The molecule has 112 valence electrons. The minimum Gasteiger partial charge on any atom is -0.354 e. The van der Waals surface area contributed by atoms with Crippen molar-refractivity contribution in [3.8, 4) is 0 Å². The van der Waals surface area contributed by atoms with Crippen molar-refractivity contribution in [1.82, 2.24) is 25.8 Å². The number of hydrogen-bond donors (Lipinski definition) is 4. The zero-order valence-corrected chi connectivity index (χ0v) is 11.8. The molecule has 0 aliphatic rings. The number of nitrogens with two attached hydrogens (primary N) is 1. The van der Waals surface area contributed by atoms with Gasteiger partial charge in [0.15, 0.2) is 0 Å². The second-order valence-electron chi connectivity index (χ2n) is 4.70. The van der Waals surface area contributed by atoms with Crippen molar-refractivity contribution in [2.45, 2.75) is 39.2 Å². The summed E-state index contributed by atoms with van der Waals surface area (Å²) in [6.45, 7) is 4.36. The van der Waals surface area contributed by atoms with Crippen molar-refractivity contribution in [2.24, 2.45) is 11.7 Å². The molecule has 1 aromatic rings. The molecule has 0 radical (unpaired) electrons. The number of aryl methyl sites for hydroxylation is 1. The van der Waals surface area contributed by atoms with Gasteiger partial charge in [0, 0.05) is 13.0 Å². The van der Waals surface area contributed by atoms with Crippen molar-refractivity contribution in [3.63, 3.8) is 0 Å². The van der Waals surface area contributed by atoms with Crippen LogP contribution < -0.4 is 16.4 Å². The molecule has 3 amide bonds. The summed E-state index contributed by atoms with van der Waals surface area (Å²) in [4.78, 5) is 27.0. The third-order valence-electron chi connectivity index (χ3n) is 3.15. The Morgan fingerprint density at radius 2 is 2.25 bits per heavy atom. The summed E-state index contributed by atoms with van der Waals surface area (Å²) in [6, 6.07) is -1.28. The van der Waals surface area contributed by atoms with Crippen molar-refractivity contribution in [2.75, 3.05) is 6.54 Å². The number of nitrogens with one attached hydrogen (secondary N) is 3. The van der Waals surface area contributed by atoms with Gasteiger partial charge in [-0.3, -0.25) is 9.89 Å². The van der Waals surface area contributed by atoms with Crippen LogP contribution in [0.1, 0.15) is 32.5 Å². The normalized spacial score (nSPS) is 13.5. The fourth-order valence-corrected chi connectivity index (χ4v) is 1.78. The average Bonchev–Trinajstić information content (AvgIpc) is 2.92. The molecule has 5 N–H and O–H groups in total. The van der Waals surface area contributed by atoms with E-state index in [0.717, 1.165) is 18.7 Å². The second kappa shape index (κ2) is 8.13. The molecule has 0 fully saturated rings. The van der Waals surface area contributed by atoms with E-state index in [-0.39, 0.29) is 11.8 Å². The molecular weight excluding hydrogens is 260 g/mol. The minimum atomic E-state index is -0.688. The van der Waals surface area contributed by atoms with E-state index in [9.17, 15) is 9.59 Å². The fourth-order valence-electron chi connectivity index (χ4n) is 1.78. The molecule has 1 heterocycles. The summed E-state index contributed by atoms with van der Waals surface area (Å²) in [5.41, 5.74) is 5.09. The highest BCUT2D eigenvalue weighted by Crippen LogP contribution is 2.07. The van der Waals surface area contributed by atoms with E-state index in [4.69, 9.17) is 5.73 Å². The highest BCUT2D eigenvalue weighted by Gasteiger charge is 2.24. The van der Waals surface area contributed by atoms with Gasteiger partial charge in [-0.1, -0.05) is 20.3 Å². The Morgan fingerprint density at radius 1 is 1.50 bits per heavy atom. The summed E-state index contributed by atoms with van der Waals surface area (Å²) in [7, 11) is 0. The third-order valence-corrected chi connectivity index (χ3v) is 3.15.